The quantitative estimate of drug-likeness (QED) is 0.313. The Morgan fingerprint density at radius 2 is 1.25 bits per heavy atom. The maximum Gasteiger partial charge on any atom is 0.359 e. The first kappa shape index (κ1) is 19.8. The minimum absolute atomic E-state index is 0.353. The topological polar surface area (TPSA) is 161 Å². The van der Waals surface area contributed by atoms with E-state index in [2.05, 4.69) is 5.32 Å². The number of hydrogen-bond acceptors (Lipinski definition) is 5. The lowest BCUT2D eigenvalue weighted by molar-refractivity contribution is -0.933. The van der Waals surface area contributed by atoms with Crippen LogP contribution in [0.3, 0.4) is 0 Å². The van der Waals surface area contributed by atoms with Gasteiger partial charge in [0.25, 0.3) is 0 Å². The molecule has 0 aromatic carbocycles. The van der Waals surface area contributed by atoms with Crippen LogP contribution in [0.4, 0.5) is 0 Å². The molecule has 10 nitrogen and oxygen atoms in total. The van der Waals surface area contributed by atoms with Crippen LogP contribution in [0, 0.1) is 0 Å². The van der Waals surface area contributed by atoms with Crippen LogP contribution in [0.2, 0.25) is 0 Å². The maximum atomic E-state index is 11.3. The first-order valence-electron chi connectivity index (χ1n) is 7.62. The predicted octanol–water partition coefficient (Wildman–Crippen LogP) is -0.958. The Morgan fingerprint density at radius 3 is 1.67 bits per heavy atom. The lowest BCUT2D eigenvalue weighted by atomic mass is 9.87. The molecule has 1 rings (SSSR count). The summed E-state index contributed by atoms with van der Waals surface area (Å²) in [5.41, 5.74) is 0. The fourth-order valence-electron chi connectivity index (χ4n) is 3.55. The fraction of sp³-hybridized carbons (Fsp3) is 0.714. The molecule has 0 saturated heterocycles. The van der Waals surface area contributed by atoms with Gasteiger partial charge in [-0.1, -0.05) is 6.42 Å². The molecule has 5 N–H and O–H groups in total. The number of rotatable bonds is 10. The van der Waals surface area contributed by atoms with Gasteiger partial charge in [0.2, 0.25) is 0 Å². The van der Waals surface area contributed by atoms with Crippen LogP contribution in [0.15, 0.2) is 0 Å². The molecule has 0 aromatic rings. The number of nitrogens with one attached hydrogen (secondary N) is 1. The normalized spacial score (nSPS) is 21.2. The highest BCUT2D eigenvalue weighted by molar-refractivity contribution is 5.73. The molecule has 0 bridgehead atoms. The summed E-state index contributed by atoms with van der Waals surface area (Å²) in [6.07, 6.45) is 2.46. The summed E-state index contributed by atoms with van der Waals surface area (Å²) in [7, 11) is 0. The van der Waals surface area contributed by atoms with Gasteiger partial charge in [0.15, 0.2) is 19.6 Å². The molecule has 0 aliphatic heterocycles. The molecule has 0 heterocycles. The van der Waals surface area contributed by atoms with Gasteiger partial charge in [0.05, 0.1) is 12.6 Å². The van der Waals surface area contributed by atoms with Crippen molar-refractivity contribution in [3.05, 3.63) is 0 Å². The van der Waals surface area contributed by atoms with Gasteiger partial charge in [0.1, 0.15) is 6.04 Å². The van der Waals surface area contributed by atoms with Gasteiger partial charge in [-0.25, -0.2) is 14.4 Å². The summed E-state index contributed by atoms with van der Waals surface area (Å²) in [4.78, 5) is 44.6. The Kier molecular flexibility index (Phi) is 7.11. The number of carboxylic acid groups (broad SMARTS) is 4. The molecule has 10 heteroatoms. The summed E-state index contributed by atoms with van der Waals surface area (Å²) in [5.74, 6) is -4.97. The largest absolute Gasteiger partial charge is 0.480 e. The maximum absolute atomic E-state index is 11.3. The molecule has 0 spiro atoms. The lowest BCUT2D eigenvalue weighted by Crippen LogP contribution is -2.68. The van der Waals surface area contributed by atoms with E-state index in [0.29, 0.717) is 19.3 Å². The van der Waals surface area contributed by atoms with Crippen LogP contribution in [0.25, 0.3) is 0 Å². The Labute approximate surface area is 138 Å². The highest BCUT2D eigenvalue weighted by atomic mass is 16.4. The van der Waals surface area contributed by atoms with Crippen LogP contribution >= 0.6 is 0 Å². The molecule has 136 valence electrons. The third kappa shape index (κ3) is 5.78. The van der Waals surface area contributed by atoms with Crippen molar-refractivity contribution in [2.45, 2.75) is 37.8 Å². The smallest absolute Gasteiger partial charge is 0.359 e. The Morgan fingerprint density at radius 1 is 0.792 bits per heavy atom. The van der Waals surface area contributed by atoms with Gasteiger partial charge in [-0.2, -0.15) is 0 Å². The molecule has 2 unspecified atom stereocenters. The third-order valence-corrected chi connectivity index (χ3v) is 4.30. The van der Waals surface area contributed by atoms with Crippen molar-refractivity contribution in [1.82, 2.24) is 5.32 Å². The zero-order chi connectivity index (χ0) is 18.3. The number of nitrogens with zero attached hydrogens (tertiary/aromatic N) is 1. The molecular weight excluding hydrogens is 324 g/mol. The van der Waals surface area contributed by atoms with Gasteiger partial charge in [0, 0.05) is 6.42 Å². The van der Waals surface area contributed by atoms with Gasteiger partial charge in [-0.05, 0) is 12.8 Å². The molecule has 1 fully saturated rings. The van der Waals surface area contributed by atoms with E-state index >= 15 is 0 Å². The second-order valence-electron chi connectivity index (χ2n) is 6.11. The summed E-state index contributed by atoms with van der Waals surface area (Å²) < 4.78 is -0.642. The minimum atomic E-state index is -1.29. The van der Waals surface area contributed by atoms with Crippen LogP contribution in [-0.2, 0) is 19.2 Å². The number of carboxylic acids is 4. The summed E-state index contributed by atoms with van der Waals surface area (Å²) >= 11 is 0. The monoisotopic (exact) mass is 347 g/mol. The van der Waals surface area contributed by atoms with Crippen molar-refractivity contribution >= 4 is 23.9 Å². The fourth-order valence-corrected chi connectivity index (χ4v) is 3.55. The van der Waals surface area contributed by atoms with Crippen LogP contribution < -0.4 is 5.32 Å². The van der Waals surface area contributed by atoms with E-state index in [1.807, 2.05) is 0 Å². The predicted molar refractivity (Wildman–Crippen MR) is 79.5 cm³/mol. The number of hydrogen-bond donors (Lipinski definition) is 5. The zero-order valence-electron chi connectivity index (χ0n) is 13.2. The first-order chi connectivity index (χ1) is 11.2. The van der Waals surface area contributed by atoms with Crippen molar-refractivity contribution in [3.63, 3.8) is 0 Å². The van der Waals surface area contributed by atoms with E-state index in [-0.39, 0.29) is 6.54 Å². The van der Waals surface area contributed by atoms with E-state index in [4.69, 9.17) is 5.11 Å². The van der Waals surface area contributed by atoms with Crippen molar-refractivity contribution in [2.24, 2.45) is 0 Å². The van der Waals surface area contributed by atoms with Gasteiger partial charge < -0.3 is 20.4 Å². The van der Waals surface area contributed by atoms with E-state index in [9.17, 15) is 34.5 Å². The molecule has 0 aromatic heterocycles. The van der Waals surface area contributed by atoms with Crippen molar-refractivity contribution in [1.29, 1.82) is 0 Å². The van der Waals surface area contributed by atoms with E-state index in [1.165, 1.54) is 0 Å². The number of quaternary nitrogens is 1. The SMILES string of the molecule is O=C(O)CNC1CCCCC1[N+](CC(=O)O)(CC(=O)O)CC(=O)O. The van der Waals surface area contributed by atoms with E-state index in [0.717, 1.165) is 6.42 Å². The molecule has 1 aliphatic carbocycles. The van der Waals surface area contributed by atoms with Gasteiger partial charge in [-0.15, -0.1) is 0 Å². The third-order valence-electron chi connectivity index (χ3n) is 4.30. The highest BCUT2D eigenvalue weighted by Crippen LogP contribution is 2.29. The molecular formula is C14H23N2O8+. The van der Waals surface area contributed by atoms with Crippen molar-refractivity contribution in [3.8, 4) is 0 Å². The van der Waals surface area contributed by atoms with Crippen molar-refractivity contribution in [2.75, 3.05) is 26.2 Å². The Balaban J connectivity index is 3.18. The van der Waals surface area contributed by atoms with Gasteiger partial charge in [-0.3, -0.25) is 14.6 Å². The number of aliphatic carboxylic acids is 4. The first-order valence-corrected chi connectivity index (χ1v) is 7.62. The lowest BCUT2D eigenvalue weighted by Gasteiger charge is -2.46. The van der Waals surface area contributed by atoms with E-state index < -0.39 is 60.1 Å². The van der Waals surface area contributed by atoms with Crippen molar-refractivity contribution < 1.29 is 44.1 Å². The van der Waals surface area contributed by atoms with Crippen LogP contribution in [0.1, 0.15) is 25.7 Å². The van der Waals surface area contributed by atoms with Crippen LogP contribution in [-0.4, -0.2) is 87.0 Å². The molecule has 0 amide bonds. The Bertz CT molecular complexity index is 466. The summed E-state index contributed by atoms with van der Waals surface area (Å²) in [6.45, 7) is -2.29. The summed E-state index contributed by atoms with van der Waals surface area (Å²) in [5, 5.41) is 39.2. The zero-order valence-corrected chi connectivity index (χ0v) is 13.2. The highest BCUT2D eigenvalue weighted by Gasteiger charge is 2.47. The molecule has 24 heavy (non-hydrogen) atoms. The summed E-state index contributed by atoms with van der Waals surface area (Å²) in [6, 6.07) is -1.05. The molecule has 1 saturated carbocycles. The molecule has 0 radical (unpaired) electrons. The average molecular weight is 347 g/mol. The average Bonchev–Trinajstić information content (AvgIpc) is 2.43. The molecule has 1 aliphatic rings. The Hall–Kier alpha value is -2.20. The second-order valence-corrected chi connectivity index (χ2v) is 6.11. The number of carbonyl (C=O) groups is 4. The van der Waals surface area contributed by atoms with Crippen LogP contribution in [0.5, 0.6) is 0 Å². The second kappa shape index (κ2) is 8.60. The van der Waals surface area contributed by atoms with Gasteiger partial charge >= 0.3 is 23.9 Å². The van der Waals surface area contributed by atoms with E-state index in [1.54, 1.807) is 0 Å². The minimum Gasteiger partial charge on any atom is -0.480 e. The standard InChI is InChI=1S/C14H22N2O8/c17-11(18)5-15-9-3-1-2-4-10(9)16(6-12(19)20,7-13(21)22)8-14(23)24/h9-10,15H,1-8H2,(H3-,17,18,19,20,21,22,23,24)/p+1. The molecule has 2 atom stereocenters.